The SMILES string of the molecule is Cc1c(COC(=O)N2CCN(C(=O)C3C=CCC3)CC2)[nH]c2ccccc2c1=O. The van der Waals surface area contributed by atoms with Crippen LogP contribution in [0.15, 0.2) is 41.2 Å². The number of para-hydroxylation sites is 1. The van der Waals surface area contributed by atoms with Crippen LogP contribution in [0, 0.1) is 12.8 Å². The van der Waals surface area contributed by atoms with Gasteiger partial charge in [-0.3, -0.25) is 9.59 Å². The fourth-order valence-corrected chi connectivity index (χ4v) is 3.94. The minimum Gasteiger partial charge on any atom is -0.443 e. The molecule has 7 heteroatoms. The van der Waals surface area contributed by atoms with E-state index in [4.69, 9.17) is 4.74 Å². The number of amides is 2. The lowest BCUT2D eigenvalue weighted by molar-refractivity contribution is -0.135. The number of aromatic amines is 1. The van der Waals surface area contributed by atoms with E-state index in [9.17, 15) is 14.4 Å². The number of nitrogens with one attached hydrogen (secondary N) is 1. The zero-order chi connectivity index (χ0) is 20.4. The van der Waals surface area contributed by atoms with Gasteiger partial charge in [-0.25, -0.2) is 4.79 Å². The van der Waals surface area contributed by atoms with Crippen LogP contribution in [0.5, 0.6) is 0 Å². The first kappa shape index (κ1) is 19.2. The Balaban J connectivity index is 1.34. The third-order valence-corrected chi connectivity index (χ3v) is 5.77. The monoisotopic (exact) mass is 395 g/mol. The topological polar surface area (TPSA) is 82.7 Å². The van der Waals surface area contributed by atoms with Crippen LogP contribution in [0.2, 0.25) is 0 Å². The zero-order valence-electron chi connectivity index (χ0n) is 16.5. The van der Waals surface area contributed by atoms with E-state index in [1.165, 1.54) is 0 Å². The predicted molar refractivity (Wildman–Crippen MR) is 110 cm³/mol. The van der Waals surface area contributed by atoms with E-state index < -0.39 is 6.09 Å². The van der Waals surface area contributed by atoms with Gasteiger partial charge in [-0.1, -0.05) is 24.3 Å². The van der Waals surface area contributed by atoms with Gasteiger partial charge in [0.05, 0.1) is 11.6 Å². The first-order chi connectivity index (χ1) is 14.0. The van der Waals surface area contributed by atoms with E-state index in [2.05, 4.69) is 11.1 Å². The van der Waals surface area contributed by atoms with Gasteiger partial charge in [0.1, 0.15) is 6.61 Å². The van der Waals surface area contributed by atoms with Crippen LogP contribution in [0.1, 0.15) is 24.1 Å². The molecule has 4 rings (SSSR count). The molecule has 1 saturated heterocycles. The summed E-state index contributed by atoms with van der Waals surface area (Å²) in [6.07, 6.45) is 5.44. The summed E-state index contributed by atoms with van der Waals surface area (Å²) in [6.45, 7) is 3.68. The maximum Gasteiger partial charge on any atom is 0.410 e. The summed E-state index contributed by atoms with van der Waals surface area (Å²) in [5.74, 6) is 0.136. The van der Waals surface area contributed by atoms with Crippen molar-refractivity contribution in [3.63, 3.8) is 0 Å². The molecule has 1 aromatic heterocycles. The van der Waals surface area contributed by atoms with E-state index in [0.29, 0.717) is 42.8 Å². The molecule has 1 atom stereocenters. The number of allylic oxidation sites excluding steroid dienone is 1. The Hall–Kier alpha value is -3.09. The standard InChI is InChI=1S/C22H25N3O4/c1-15-19(23-18-9-5-4-8-17(18)20(15)26)14-29-22(28)25-12-10-24(11-13-25)21(27)16-6-2-3-7-16/h2,4-6,8-9,16H,3,7,10-14H2,1H3,(H,23,26). The van der Waals surface area contributed by atoms with Crippen molar-refractivity contribution in [1.29, 1.82) is 0 Å². The molecule has 2 amide bonds. The number of carbonyl (C=O) groups is 2. The molecule has 1 unspecified atom stereocenters. The molecule has 7 nitrogen and oxygen atoms in total. The van der Waals surface area contributed by atoms with Gasteiger partial charge >= 0.3 is 6.09 Å². The number of carbonyl (C=O) groups excluding carboxylic acids is 2. The number of nitrogens with zero attached hydrogens (tertiary/aromatic N) is 2. The summed E-state index contributed by atoms with van der Waals surface area (Å²) in [5.41, 5.74) is 1.82. The van der Waals surface area contributed by atoms with Crippen molar-refractivity contribution in [3.8, 4) is 0 Å². The number of ether oxygens (including phenoxy) is 1. The van der Waals surface area contributed by atoms with Gasteiger partial charge in [0.25, 0.3) is 0 Å². The Labute approximate surface area is 168 Å². The summed E-state index contributed by atoms with van der Waals surface area (Å²) in [7, 11) is 0. The lowest BCUT2D eigenvalue weighted by atomic mass is 10.1. The number of H-pyrrole nitrogens is 1. The van der Waals surface area contributed by atoms with E-state index >= 15 is 0 Å². The van der Waals surface area contributed by atoms with Gasteiger partial charge in [0.15, 0.2) is 5.43 Å². The predicted octanol–water partition coefficient (Wildman–Crippen LogP) is 2.58. The summed E-state index contributed by atoms with van der Waals surface area (Å²) < 4.78 is 5.45. The van der Waals surface area contributed by atoms with Gasteiger partial charge in [-0.15, -0.1) is 0 Å². The lowest BCUT2D eigenvalue weighted by Crippen LogP contribution is -2.51. The zero-order valence-corrected chi connectivity index (χ0v) is 16.5. The molecule has 2 aromatic rings. The van der Waals surface area contributed by atoms with E-state index in [1.54, 1.807) is 17.9 Å². The number of pyridine rings is 1. The Morgan fingerprint density at radius 1 is 1.14 bits per heavy atom. The van der Waals surface area contributed by atoms with Crippen LogP contribution in [-0.2, 0) is 16.1 Å². The van der Waals surface area contributed by atoms with Gasteiger partial charge in [-0.2, -0.15) is 0 Å². The highest BCUT2D eigenvalue weighted by molar-refractivity contribution is 5.81. The molecule has 0 spiro atoms. The van der Waals surface area contributed by atoms with Crippen LogP contribution in [0.25, 0.3) is 10.9 Å². The maximum absolute atomic E-state index is 12.5. The van der Waals surface area contributed by atoms with E-state index in [0.717, 1.165) is 18.4 Å². The third-order valence-electron chi connectivity index (χ3n) is 5.77. The molecular formula is C22H25N3O4. The quantitative estimate of drug-likeness (QED) is 0.810. The van der Waals surface area contributed by atoms with Crippen molar-refractivity contribution in [2.75, 3.05) is 26.2 Å². The molecule has 1 fully saturated rings. The minimum atomic E-state index is -0.425. The average molecular weight is 395 g/mol. The summed E-state index contributed by atoms with van der Waals surface area (Å²) in [6, 6.07) is 7.28. The minimum absolute atomic E-state index is 0.0107. The van der Waals surface area contributed by atoms with Crippen molar-refractivity contribution < 1.29 is 14.3 Å². The van der Waals surface area contributed by atoms with E-state index in [-0.39, 0.29) is 23.9 Å². The largest absolute Gasteiger partial charge is 0.443 e. The van der Waals surface area contributed by atoms with Crippen LogP contribution in [-0.4, -0.2) is 53.0 Å². The number of benzene rings is 1. The number of rotatable bonds is 3. The van der Waals surface area contributed by atoms with Gasteiger partial charge in [0.2, 0.25) is 5.91 Å². The molecule has 2 heterocycles. The molecule has 1 aliphatic carbocycles. The van der Waals surface area contributed by atoms with Gasteiger partial charge in [0, 0.05) is 42.6 Å². The maximum atomic E-state index is 12.5. The third kappa shape index (κ3) is 3.90. The Morgan fingerprint density at radius 2 is 1.86 bits per heavy atom. The molecule has 29 heavy (non-hydrogen) atoms. The molecule has 1 aliphatic heterocycles. The van der Waals surface area contributed by atoms with Crippen molar-refractivity contribution >= 4 is 22.9 Å². The second-order valence-corrected chi connectivity index (χ2v) is 7.58. The first-order valence-corrected chi connectivity index (χ1v) is 10.0. The average Bonchev–Trinajstić information content (AvgIpc) is 3.29. The number of hydrogen-bond acceptors (Lipinski definition) is 4. The molecule has 1 N–H and O–H groups in total. The fraction of sp³-hybridized carbons (Fsp3) is 0.409. The van der Waals surface area contributed by atoms with Crippen LogP contribution in [0.4, 0.5) is 4.79 Å². The van der Waals surface area contributed by atoms with Crippen LogP contribution >= 0.6 is 0 Å². The second-order valence-electron chi connectivity index (χ2n) is 7.58. The number of hydrogen-bond donors (Lipinski definition) is 1. The molecule has 1 aromatic carbocycles. The van der Waals surface area contributed by atoms with Crippen LogP contribution < -0.4 is 5.43 Å². The number of piperazine rings is 1. The highest BCUT2D eigenvalue weighted by Gasteiger charge is 2.29. The highest BCUT2D eigenvalue weighted by atomic mass is 16.6. The van der Waals surface area contributed by atoms with Crippen molar-refractivity contribution in [2.24, 2.45) is 5.92 Å². The molecular weight excluding hydrogens is 370 g/mol. The highest BCUT2D eigenvalue weighted by Crippen LogP contribution is 2.20. The van der Waals surface area contributed by atoms with Crippen molar-refractivity contribution in [2.45, 2.75) is 26.4 Å². The fourth-order valence-electron chi connectivity index (χ4n) is 3.94. The van der Waals surface area contributed by atoms with Gasteiger partial charge < -0.3 is 19.5 Å². The number of fused-ring (bicyclic) bond motifs is 1. The lowest BCUT2D eigenvalue weighted by Gasteiger charge is -2.35. The molecule has 2 aliphatic rings. The van der Waals surface area contributed by atoms with Crippen LogP contribution in [0.3, 0.4) is 0 Å². The van der Waals surface area contributed by atoms with Crippen molar-refractivity contribution in [3.05, 3.63) is 57.9 Å². The Bertz CT molecular complexity index is 1020. The first-order valence-electron chi connectivity index (χ1n) is 10.0. The summed E-state index contributed by atoms with van der Waals surface area (Å²) in [4.78, 5) is 44.1. The molecule has 0 saturated carbocycles. The van der Waals surface area contributed by atoms with E-state index in [1.807, 2.05) is 29.2 Å². The molecule has 0 bridgehead atoms. The summed E-state index contributed by atoms with van der Waals surface area (Å²) in [5, 5.41) is 0.623. The second kappa shape index (κ2) is 8.11. The van der Waals surface area contributed by atoms with Gasteiger partial charge in [-0.05, 0) is 31.9 Å². The Kier molecular flexibility index (Phi) is 5.38. The molecule has 0 radical (unpaired) electrons. The normalized spacial score (nSPS) is 19.0. The smallest absolute Gasteiger partial charge is 0.410 e. The van der Waals surface area contributed by atoms with Crippen molar-refractivity contribution in [1.82, 2.24) is 14.8 Å². The molecule has 152 valence electrons. The number of aromatic nitrogens is 1. The summed E-state index contributed by atoms with van der Waals surface area (Å²) >= 11 is 0. The Morgan fingerprint density at radius 3 is 2.59 bits per heavy atom.